The van der Waals surface area contributed by atoms with E-state index in [-0.39, 0.29) is 18.4 Å². The molecule has 3 aromatic rings. The number of hydrogen-bond donors (Lipinski definition) is 1. The van der Waals surface area contributed by atoms with Gasteiger partial charge in [0.05, 0.1) is 0 Å². The lowest BCUT2D eigenvalue weighted by Crippen LogP contribution is -2.27. The van der Waals surface area contributed by atoms with Crippen LogP contribution >= 0.6 is 0 Å². The second kappa shape index (κ2) is 6.72. The lowest BCUT2D eigenvalue weighted by atomic mass is 10.2. The maximum atomic E-state index is 12.5. The van der Waals surface area contributed by atoms with Crippen molar-refractivity contribution in [3.63, 3.8) is 0 Å². The third-order valence-corrected chi connectivity index (χ3v) is 3.98. The van der Waals surface area contributed by atoms with Gasteiger partial charge in [-0.15, -0.1) is 10.2 Å². The highest BCUT2D eigenvalue weighted by molar-refractivity contribution is 6.04. The highest BCUT2D eigenvalue weighted by Crippen LogP contribution is 2.34. The Morgan fingerprint density at radius 1 is 1.00 bits per heavy atom. The number of amides is 1. The predicted molar refractivity (Wildman–Crippen MR) is 97.1 cm³/mol. The van der Waals surface area contributed by atoms with Crippen LogP contribution in [0.4, 0.5) is 17.2 Å². The minimum absolute atomic E-state index is 0.224. The average Bonchev–Trinajstić information content (AvgIpc) is 3.16. The molecule has 0 saturated heterocycles. The van der Waals surface area contributed by atoms with Crippen molar-refractivity contribution in [2.75, 3.05) is 24.1 Å². The van der Waals surface area contributed by atoms with E-state index >= 15 is 0 Å². The van der Waals surface area contributed by atoms with E-state index in [9.17, 15) is 4.79 Å². The molecule has 0 saturated carbocycles. The first-order valence-corrected chi connectivity index (χ1v) is 8.04. The van der Waals surface area contributed by atoms with Gasteiger partial charge in [-0.1, -0.05) is 18.2 Å². The van der Waals surface area contributed by atoms with E-state index in [1.807, 2.05) is 48.5 Å². The number of hydrogen-bond acceptors (Lipinski definition) is 6. The molecule has 0 radical (unpaired) electrons. The quantitative estimate of drug-likeness (QED) is 0.780. The minimum atomic E-state index is -0.224. The van der Waals surface area contributed by atoms with Gasteiger partial charge in [0.1, 0.15) is 0 Å². The van der Waals surface area contributed by atoms with Crippen molar-refractivity contribution in [2.45, 2.75) is 0 Å². The molecule has 7 nitrogen and oxygen atoms in total. The number of nitrogens with one attached hydrogen (secondary N) is 1. The molecule has 130 valence electrons. The highest BCUT2D eigenvalue weighted by atomic mass is 16.7. The van der Waals surface area contributed by atoms with Gasteiger partial charge >= 0.3 is 0 Å². The molecule has 7 heteroatoms. The Hall–Kier alpha value is -3.61. The molecule has 26 heavy (non-hydrogen) atoms. The monoisotopic (exact) mass is 348 g/mol. The van der Waals surface area contributed by atoms with Crippen molar-refractivity contribution in [2.24, 2.45) is 0 Å². The number of fused-ring (bicyclic) bond motifs is 1. The van der Waals surface area contributed by atoms with Gasteiger partial charge in [0.15, 0.2) is 23.0 Å². The van der Waals surface area contributed by atoms with Gasteiger partial charge in [-0.05, 0) is 36.4 Å². The Balaban J connectivity index is 1.47. The molecular weight excluding hydrogens is 332 g/mol. The molecule has 0 bridgehead atoms. The van der Waals surface area contributed by atoms with E-state index in [2.05, 4.69) is 15.5 Å². The summed E-state index contributed by atoms with van der Waals surface area (Å²) in [7, 11) is 1.71. The standard InChI is InChI=1S/C19H16N4O3/c1-23(14-5-3-2-4-6-14)19(24)15-8-10-18(22-21-15)20-13-7-9-16-17(11-13)26-12-25-16/h2-11H,12H2,1H3,(H,20,22). The van der Waals surface area contributed by atoms with Crippen LogP contribution in [0.5, 0.6) is 11.5 Å². The summed E-state index contributed by atoms with van der Waals surface area (Å²) in [5.41, 5.74) is 1.86. The zero-order valence-corrected chi connectivity index (χ0v) is 14.0. The summed E-state index contributed by atoms with van der Waals surface area (Å²) in [5, 5.41) is 11.2. The van der Waals surface area contributed by atoms with Crippen LogP contribution < -0.4 is 19.7 Å². The summed E-state index contributed by atoms with van der Waals surface area (Å²) in [5.74, 6) is 1.70. The van der Waals surface area contributed by atoms with Crippen LogP contribution in [0.15, 0.2) is 60.7 Å². The second-order valence-corrected chi connectivity index (χ2v) is 5.70. The molecule has 0 fully saturated rings. The summed E-state index contributed by atoms with van der Waals surface area (Å²) in [6.45, 7) is 0.227. The number of carbonyl (C=O) groups excluding carboxylic acids is 1. The Kier molecular flexibility index (Phi) is 4.10. The average molecular weight is 348 g/mol. The lowest BCUT2D eigenvalue weighted by Gasteiger charge is -2.16. The van der Waals surface area contributed by atoms with Crippen molar-refractivity contribution < 1.29 is 14.3 Å². The van der Waals surface area contributed by atoms with Gasteiger partial charge in [-0.2, -0.15) is 0 Å². The third-order valence-electron chi connectivity index (χ3n) is 3.98. The first-order valence-electron chi connectivity index (χ1n) is 8.04. The van der Waals surface area contributed by atoms with Crippen molar-refractivity contribution in [1.29, 1.82) is 0 Å². The number of ether oxygens (including phenoxy) is 2. The number of anilines is 3. The number of carbonyl (C=O) groups is 1. The van der Waals surface area contributed by atoms with Gasteiger partial charge in [-0.3, -0.25) is 4.79 Å². The van der Waals surface area contributed by atoms with Gasteiger partial charge in [0.25, 0.3) is 5.91 Å². The Labute approximate surface area is 150 Å². The summed E-state index contributed by atoms with van der Waals surface area (Å²) >= 11 is 0. The highest BCUT2D eigenvalue weighted by Gasteiger charge is 2.16. The van der Waals surface area contributed by atoms with Crippen molar-refractivity contribution in [3.8, 4) is 11.5 Å². The zero-order valence-electron chi connectivity index (χ0n) is 14.0. The molecule has 1 aromatic heterocycles. The van der Waals surface area contributed by atoms with Crippen molar-refractivity contribution in [3.05, 3.63) is 66.4 Å². The summed E-state index contributed by atoms with van der Waals surface area (Å²) in [4.78, 5) is 14.1. The first-order chi connectivity index (χ1) is 12.7. The fraction of sp³-hybridized carbons (Fsp3) is 0.105. The predicted octanol–water partition coefficient (Wildman–Crippen LogP) is 3.23. The van der Waals surface area contributed by atoms with Gasteiger partial charge < -0.3 is 19.7 Å². The van der Waals surface area contributed by atoms with E-state index < -0.39 is 0 Å². The molecule has 0 atom stereocenters. The molecule has 1 amide bonds. The molecule has 0 aliphatic carbocycles. The number of para-hydroxylation sites is 1. The van der Waals surface area contributed by atoms with E-state index in [0.29, 0.717) is 17.3 Å². The number of aromatic nitrogens is 2. The number of rotatable bonds is 4. The molecule has 1 N–H and O–H groups in total. The SMILES string of the molecule is CN(C(=O)c1ccc(Nc2ccc3c(c2)OCO3)nn1)c1ccccc1. The van der Waals surface area contributed by atoms with Crippen LogP contribution in [-0.2, 0) is 0 Å². The molecule has 0 spiro atoms. The minimum Gasteiger partial charge on any atom is -0.454 e. The van der Waals surface area contributed by atoms with Gasteiger partial charge in [0, 0.05) is 24.5 Å². The Morgan fingerprint density at radius 2 is 1.81 bits per heavy atom. The van der Waals surface area contributed by atoms with Crippen molar-refractivity contribution in [1.82, 2.24) is 10.2 Å². The third kappa shape index (κ3) is 3.14. The summed E-state index contributed by atoms with van der Waals surface area (Å²) in [6.07, 6.45) is 0. The van der Waals surface area contributed by atoms with Crippen molar-refractivity contribution >= 4 is 23.1 Å². The fourth-order valence-electron chi connectivity index (χ4n) is 2.58. The van der Waals surface area contributed by atoms with E-state index in [1.165, 1.54) is 4.90 Å². The van der Waals surface area contributed by atoms with Gasteiger partial charge in [0.2, 0.25) is 6.79 Å². The van der Waals surface area contributed by atoms with Crippen LogP contribution in [0.1, 0.15) is 10.5 Å². The Morgan fingerprint density at radius 3 is 2.58 bits per heavy atom. The molecule has 2 aromatic carbocycles. The molecular formula is C19H16N4O3. The summed E-state index contributed by atoms with van der Waals surface area (Å²) < 4.78 is 10.6. The maximum Gasteiger partial charge on any atom is 0.278 e. The molecule has 1 aliphatic heterocycles. The normalized spacial score (nSPS) is 11.9. The zero-order chi connectivity index (χ0) is 17.9. The lowest BCUT2D eigenvalue weighted by molar-refractivity contribution is 0.0987. The molecule has 4 rings (SSSR count). The fourth-order valence-corrected chi connectivity index (χ4v) is 2.58. The molecule has 2 heterocycles. The first kappa shape index (κ1) is 15.9. The van der Waals surface area contributed by atoms with Crippen LogP contribution in [-0.4, -0.2) is 29.9 Å². The number of benzene rings is 2. The second-order valence-electron chi connectivity index (χ2n) is 5.70. The van der Waals surface area contributed by atoms with Gasteiger partial charge in [-0.25, -0.2) is 0 Å². The van der Waals surface area contributed by atoms with E-state index in [0.717, 1.165) is 11.4 Å². The van der Waals surface area contributed by atoms with E-state index in [4.69, 9.17) is 9.47 Å². The molecule has 0 unspecified atom stereocenters. The summed E-state index contributed by atoms with van der Waals surface area (Å²) in [6, 6.07) is 18.2. The van der Waals surface area contributed by atoms with Crippen LogP contribution in [0.3, 0.4) is 0 Å². The molecule has 1 aliphatic rings. The Bertz CT molecular complexity index is 929. The van der Waals surface area contributed by atoms with E-state index in [1.54, 1.807) is 19.2 Å². The number of nitrogens with zero attached hydrogens (tertiary/aromatic N) is 3. The van der Waals surface area contributed by atoms with Crippen LogP contribution in [0.25, 0.3) is 0 Å². The van der Waals surface area contributed by atoms with Crippen LogP contribution in [0, 0.1) is 0 Å². The smallest absolute Gasteiger partial charge is 0.278 e. The maximum absolute atomic E-state index is 12.5. The van der Waals surface area contributed by atoms with Crippen LogP contribution in [0.2, 0.25) is 0 Å². The topological polar surface area (TPSA) is 76.6 Å². The largest absolute Gasteiger partial charge is 0.454 e.